The van der Waals surface area contributed by atoms with Gasteiger partial charge in [-0.05, 0) is 37.3 Å². The first kappa shape index (κ1) is 27.8. The maximum absolute atomic E-state index is 13.4. The number of benzene rings is 3. The van der Waals surface area contributed by atoms with Crippen LogP contribution >= 0.6 is 0 Å². The molecule has 1 fully saturated rings. The fourth-order valence-electron chi connectivity index (χ4n) is 4.80. The molecule has 3 aromatic carbocycles. The van der Waals surface area contributed by atoms with Crippen molar-refractivity contribution >= 4 is 22.4 Å². The van der Waals surface area contributed by atoms with Crippen molar-refractivity contribution in [3.05, 3.63) is 83.7 Å². The van der Waals surface area contributed by atoms with E-state index in [0.717, 1.165) is 66.3 Å². The number of anilines is 1. The van der Waals surface area contributed by atoms with Gasteiger partial charge in [0.05, 0.1) is 30.3 Å². The van der Waals surface area contributed by atoms with Crippen LogP contribution in [0.25, 0.3) is 16.5 Å². The number of aromatic nitrogens is 2. The smallest absolute Gasteiger partial charge is 0.259 e. The number of carbonyl (C=O) groups is 1. The molecule has 2 heterocycles. The molecule has 4 aromatic rings. The minimum Gasteiger partial charge on any atom is -0.492 e. The van der Waals surface area contributed by atoms with E-state index in [2.05, 4.69) is 31.0 Å². The number of aliphatic hydroxyl groups excluding tert-OH is 1. The summed E-state index contributed by atoms with van der Waals surface area (Å²) in [6.07, 6.45) is -1.42. The fourth-order valence-corrected chi connectivity index (χ4v) is 4.80. The first-order valence-corrected chi connectivity index (χ1v) is 13.8. The average molecular weight is 543 g/mol. The summed E-state index contributed by atoms with van der Waals surface area (Å²) < 4.78 is 13.2. The maximum Gasteiger partial charge on any atom is 0.259 e. The Kier molecular flexibility index (Phi) is 8.21. The van der Waals surface area contributed by atoms with Gasteiger partial charge in [0.15, 0.2) is 6.10 Å². The van der Waals surface area contributed by atoms with Gasteiger partial charge in [0.2, 0.25) is 0 Å². The number of fused-ring (bicyclic) bond motifs is 1. The Bertz CT molecular complexity index is 1470. The zero-order valence-corrected chi connectivity index (χ0v) is 23.7. The highest BCUT2D eigenvalue weighted by Crippen LogP contribution is 2.33. The van der Waals surface area contributed by atoms with E-state index in [1.807, 2.05) is 73.7 Å². The Morgan fingerprint density at radius 1 is 1.05 bits per heavy atom. The molecule has 8 nitrogen and oxygen atoms in total. The SMILES string of the molecule is Cc1ccc(-n2nc(C(C)(C)C)cc2C(O)C(=O)Nc2ccc(OCCN3CCOCC3)c3ccccc23)cc1. The van der Waals surface area contributed by atoms with Crippen molar-refractivity contribution in [2.45, 2.75) is 39.2 Å². The van der Waals surface area contributed by atoms with E-state index < -0.39 is 12.0 Å². The Morgan fingerprint density at radius 2 is 1.75 bits per heavy atom. The van der Waals surface area contributed by atoms with Crippen LogP contribution in [0, 0.1) is 6.92 Å². The van der Waals surface area contributed by atoms with Crippen molar-refractivity contribution in [1.82, 2.24) is 14.7 Å². The van der Waals surface area contributed by atoms with Gasteiger partial charge >= 0.3 is 0 Å². The van der Waals surface area contributed by atoms with Gasteiger partial charge in [-0.2, -0.15) is 5.10 Å². The largest absolute Gasteiger partial charge is 0.492 e. The number of nitrogens with one attached hydrogen (secondary N) is 1. The van der Waals surface area contributed by atoms with Gasteiger partial charge in [-0.15, -0.1) is 0 Å². The van der Waals surface area contributed by atoms with Gasteiger partial charge in [-0.3, -0.25) is 9.69 Å². The molecule has 0 saturated carbocycles. The van der Waals surface area contributed by atoms with Crippen molar-refractivity contribution in [3.63, 3.8) is 0 Å². The number of aliphatic hydroxyl groups is 1. The third kappa shape index (κ3) is 6.20. The summed E-state index contributed by atoms with van der Waals surface area (Å²) in [4.78, 5) is 15.8. The van der Waals surface area contributed by atoms with Crippen molar-refractivity contribution in [3.8, 4) is 11.4 Å². The van der Waals surface area contributed by atoms with E-state index >= 15 is 0 Å². The lowest BCUT2D eigenvalue weighted by Crippen LogP contribution is -2.38. The summed E-state index contributed by atoms with van der Waals surface area (Å²) in [5.41, 5.74) is 3.46. The van der Waals surface area contributed by atoms with Crippen LogP contribution in [0.15, 0.2) is 66.7 Å². The Balaban J connectivity index is 1.37. The molecule has 0 aliphatic carbocycles. The summed E-state index contributed by atoms with van der Waals surface area (Å²) in [5, 5.41) is 20.7. The minimum absolute atomic E-state index is 0.255. The standard InChI is InChI=1S/C32H38N4O4/c1-22-9-11-23(12-10-22)36-27(21-29(34-36)32(2,3)4)30(37)31(38)33-26-13-14-28(25-8-6-5-7-24(25)26)40-20-17-35-15-18-39-19-16-35/h5-14,21,30,37H,15-20H2,1-4H3,(H,33,38). The topological polar surface area (TPSA) is 88.8 Å². The number of morpholine rings is 1. The highest BCUT2D eigenvalue weighted by molar-refractivity contribution is 6.05. The molecule has 1 saturated heterocycles. The van der Waals surface area contributed by atoms with E-state index in [1.165, 1.54) is 0 Å². The fraction of sp³-hybridized carbons (Fsp3) is 0.375. The lowest BCUT2D eigenvalue weighted by atomic mass is 9.92. The van der Waals surface area contributed by atoms with Crippen LogP contribution in [-0.2, 0) is 14.9 Å². The molecule has 1 aliphatic rings. The molecule has 1 atom stereocenters. The van der Waals surface area contributed by atoms with Gasteiger partial charge < -0.3 is 19.9 Å². The van der Waals surface area contributed by atoms with E-state index in [4.69, 9.17) is 14.6 Å². The molecule has 0 bridgehead atoms. The van der Waals surface area contributed by atoms with E-state index in [9.17, 15) is 9.90 Å². The first-order valence-electron chi connectivity index (χ1n) is 13.8. The van der Waals surface area contributed by atoms with Crippen molar-refractivity contribution in [1.29, 1.82) is 0 Å². The third-order valence-corrected chi connectivity index (χ3v) is 7.22. The Morgan fingerprint density at radius 3 is 2.45 bits per heavy atom. The molecule has 0 spiro atoms. The number of hydrogen-bond donors (Lipinski definition) is 2. The van der Waals surface area contributed by atoms with Gasteiger partial charge in [-0.25, -0.2) is 4.68 Å². The van der Waals surface area contributed by atoms with Crippen molar-refractivity contribution in [2.75, 3.05) is 44.8 Å². The summed E-state index contributed by atoms with van der Waals surface area (Å²) >= 11 is 0. The van der Waals surface area contributed by atoms with Crippen LogP contribution in [0.4, 0.5) is 5.69 Å². The van der Waals surface area contributed by atoms with Crippen LogP contribution < -0.4 is 10.1 Å². The number of rotatable bonds is 8. The number of aryl methyl sites for hydroxylation is 1. The van der Waals surface area contributed by atoms with Gasteiger partial charge in [-0.1, -0.05) is 62.7 Å². The zero-order chi connectivity index (χ0) is 28.3. The van der Waals surface area contributed by atoms with Crippen LogP contribution in [0.5, 0.6) is 5.75 Å². The maximum atomic E-state index is 13.4. The van der Waals surface area contributed by atoms with Crippen molar-refractivity contribution in [2.24, 2.45) is 0 Å². The first-order chi connectivity index (χ1) is 19.2. The number of amides is 1. The lowest BCUT2D eigenvalue weighted by molar-refractivity contribution is -0.124. The predicted octanol–water partition coefficient (Wildman–Crippen LogP) is 5.01. The van der Waals surface area contributed by atoms with Crippen LogP contribution in [0.3, 0.4) is 0 Å². The highest BCUT2D eigenvalue weighted by atomic mass is 16.5. The molecule has 1 aliphatic heterocycles. The van der Waals surface area contributed by atoms with E-state index in [-0.39, 0.29) is 5.41 Å². The molecular weight excluding hydrogens is 504 g/mol. The summed E-state index contributed by atoms with van der Waals surface area (Å²) in [6.45, 7) is 12.9. The number of hydrogen-bond acceptors (Lipinski definition) is 6. The molecule has 1 amide bonds. The molecule has 0 radical (unpaired) electrons. The van der Waals surface area contributed by atoms with Gasteiger partial charge in [0.1, 0.15) is 12.4 Å². The number of carbonyl (C=O) groups excluding carboxylic acids is 1. The van der Waals surface area contributed by atoms with E-state index in [1.54, 1.807) is 4.68 Å². The number of ether oxygens (including phenoxy) is 2. The highest BCUT2D eigenvalue weighted by Gasteiger charge is 2.28. The van der Waals surface area contributed by atoms with Crippen LogP contribution in [-0.4, -0.2) is 65.1 Å². The van der Waals surface area contributed by atoms with Gasteiger partial charge in [0, 0.05) is 41.5 Å². The van der Waals surface area contributed by atoms with Crippen molar-refractivity contribution < 1.29 is 19.4 Å². The predicted molar refractivity (Wildman–Crippen MR) is 157 cm³/mol. The quantitative estimate of drug-likeness (QED) is 0.325. The Labute approximate surface area is 235 Å². The summed E-state index contributed by atoms with van der Waals surface area (Å²) in [7, 11) is 0. The Hall–Kier alpha value is -3.72. The molecule has 8 heteroatoms. The molecule has 5 rings (SSSR count). The average Bonchev–Trinajstić information content (AvgIpc) is 3.41. The minimum atomic E-state index is -1.42. The molecule has 1 unspecified atom stereocenters. The third-order valence-electron chi connectivity index (χ3n) is 7.22. The summed E-state index contributed by atoms with van der Waals surface area (Å²) in [6, 6.07) is 21.2. The molecular formula is C32H38N4O4. The van der Waals surface area contributed by atoms with E-state index in [0.29, 0.717) is 18.0 Å². The second-order valence-corrected chi connectivity index (χ2v) is 11.3. The summed E-state index contributed by atoms with van der Waals surface area (Å²) in [5.74, 6) is 0.231. The van der Waals surface area contributed by atoms with Crippen LogP contribution in [0.1, 0.15) is 43.8 Å². The number of nitrogens with zero attached hydrogens (tertiary/aromatic N) is 3. The zero-order valence-electron chi connectivity index (χ0n) is 23.7. The normalized spacial score (nSPS) is 15.2. The molecule has 40 heavy (non-hydrogen) atoms. The monoisotopic (exact) mass is 542 g/mol. The molecule has 1 aromatic heterocycles. The molecule has 2 N–H and O–H groups in total. The molecule has 210 valence electrons. The van der Waals surface area contributed by atoms with Gasteiger partial charge in [0.25, 0.3) is 5.91 Å². The lowest BCUT2D eigenvalue weighted by Gasteiger charge is -2.26. The second-order valence-electron chi connectivity index (χ2n) is 11.3. The van der Waals surface area contributed by atoms with Crippen LogP contribution in [0.2, 0.25) is 0 Å². The second kappa shape index (κ2) is 11.8.